The van der Waals surface area contributed by atoms with Crippen molar-refractivity contribution in [2.24, 2.45) is 0 Å². The summed E-state index contributed by atoms with van der Waals surface area (Å²) in [5.41, 5.74) is 2.63. The van der Waals surface area contributed by atoms with Crippen LogP contribution in [-0.2, 0) is 10.2 Å². The summed E-state index contributed by atoms with van der Waals surface area (Å²) in [6.07, 6.45) is 4.76. The van der Waals surface area contributed by atoms with Gasteiger partial charge in [0.1, 0.15) is 0 Å². The molecule has 0 saturated carbocycles. The summed E-state index contributed by atoms with van der Waals surface area (Å²) in [6.45, 7) is 8.28. The SMILES string of the molecule is COCCCNc1nccn1-c1ccc(C(C)(C)C)cc1. The van der Waals surface area contributed by atoms with Crippen molar-refractivity contribution in [3.05, 3.63) is 42.2 Å². The van der Waals surface area contributed by atoms with Crippen molar-refractivity contribution in [2.45, 2.75) is 32.6 Å². The first-order valence-electron chi connectivity index (χ1n) is 7.39. The largest absolute Gasteiger partial charge is 0.385 e. The van der Waals surface area contributed by atoms with Gasteiger partial charge < -0.3 is 10.1 Å². The Morgan fingerprint density at radius 3 is 2.52 bits per heavy atom. The van der Waals surface area contributed by atoms with Crippen molar-refractivity contribution >= 4 is 5.95 Å². The minimum atomic E-state index is 0.175. The van der Waals surface area contributed by atoms with E-state index in [0.29, 0.717) is 0 Å². The number of nitrogens with zero attached hydrogens (tertiary/aromatic N) is 2. The molecule has 0 spiro atoms. The zero-order valence-corrected chi connectivity index (χ0v) is 13.4. The number of hydrogen-bond donors (Lipinski definition) is 1. The van der Waals surface area contributed by atoms with Crippen LogP contribution in [0.4, 0.5) is 5.95 Å². The van der Waals surface area contributed by atoms with Crippen molar-refractivity contribution in [3.8, 4) is 5.69 Å². The first kappa shape index (κ1) is 15.6. The summed E-state index contributed by atoms with van der Waals surface area (Å²) in [5.74, 6) is 0.870. The van der Waals surface area contributed by atoms with Gasteiger partial charge in [0.2, 0.25) is 5.95 Å². The van der Waals surface area contributed by atoms with Crippen molar-refractivity contribution in [3.63, 3.8) is 0 Å². The smallest absolute Gasteiger partial charge is 0.207 e. The molecule has 4 nitrogen and oxygen atoms in total. The molecule has 0 unspecified atom stereocenters. The molecule has 0 amide bonds. The molecule has 0 atom stereocenters. The maximum absolute atomic E-state index is 5.05. The number of benzene rings is 1. The van der Waals surface area contributed by atoms with E-state index in [1.807, 2.05) is 12.4 Å². The van der Waals surface area contributed by atoms with Crippen LogP contribution >= 0.6 is 0 Å². The highest BCUT2D eigenvalue weighted by molar-refractivity contribution is 5.43. The van der Waals surface area contributed by atoms with Crippen LogP contribution in [0.3, 0.4) is 0 Å². The standard InChI is InChI=1S/C17H25N3O/c1-17(2,3)14-6-8-15(9-7-14)20-12-11-19-16(20)18-10-5-13-21-4/h6-9,11-12H,5,10,13H2,1-4H3,(H,18,19). The number of hydrogen-bond acceptors (Lipinski definition) is 3. The third-order valence-corrected chi connectivity index (χ3v) is 3.46. The monoisotopic (exact) mass is 287 g/mol. The number of aromatic nitrogens is 2. The number of nitrogens with one attached hydrogen (secondary N) is 1. The molecule has 0 aliphatic carbocycles. The predicted octanol–water partition coefficient (Wildman–Crippen LogP) is 3.62. The lowest BCUT2D eigenvalue weighted by atomic mass is 9.87. The Kier molecular flexibility index (Phi) is 5.02. The van der Waals surface area contributed by atoms with E-state index in [-0.39, 0.29) is 5.41 Å². The Hall–Kier alpha value is -1.81. The number of anilines is 1. The normalized spacial score (nSPS) is 11.6. The van der Waals surface area contributed by atoms with Crippen LogP contribution in [0.5, 0.6) is 0 Å². The molecule has 4 heteroatoms. The molecule has 1 N–H and O–H groups in total. The first-order chi connectivity index (χ1) is 10.0. The summed E-state index contributed by atoms with van der Waals surface area (Å²) < 4.78 is 7.12. The van der Waals surface area contributed by atoms with Crippen molar-refractivity contribution in [2.75, 3.05) is 25.6 Å². The number of methoxy groups -OCH3 is 1. The van der Waals surface area contributed by atoms with Gasteiger partial charge >= 0.3 is 0 Å². The van der Waals surface area contributed by atoms with Gasteiger partial charge in [0.05, 0.1) is 0 Å². The van der Waals surface area contributed by atoms with Gasteiger partial charge in [-0.25, -0.2) is 4.98 Å². The van der Waals surface area contributed by atoms with Gasteiger partial charge in [0, 0.05) is 38.3 Å². The van der Waals surface area contributed by atoms with E-state index in [9.17, 15) is 0 Å². The Labute approximate surface area is 127 Å². The predicted molar refractivity (Wildman–Crippen MR) is 87.2 cm³/mol. The second-order valence-electron chi connectivity index (χ2n) is 6.19. The van der Waals surface area contributed by atoms with Crippen LogP contribution in [-0.4, -0.2) is 29.8 Å². The fraction of sp³-hybridized carbons (Fsp3) is 0.471. The Morgan fingerprint density at radius 1 is 1.19 bits per heavy atom. The zero-order chi connectivity index (χ0) is 15.3. The molecule has 21 heavy (non-hydrogen) atoms. The van der Waals surface area contributed by atoms with Gasteiger partial charge in [0.25, 0.3) is 0 Å². The lowest BCUT2D eigenvalue weighted by Crippen LogP contribution is -2.11. The minimum absolute atomic E-state index is 0.175. The Morgan fingerprint density at radius 2 is 1.90 bits per heavy atom. The summed E-state index contributed by atoms with van der Waals surface area (Å²) in [6, 6.07) is 8.65. The third kappa shape index (κ3) is 4.08. The molecule has 0 radical (unpaired) electrons. The molecule has 0 saturated heterocycles. The molecular weight excluding hydrogens is 262 g/mol. The van der Waals surface area contributed by atoms with Gasteiger partial charge in [-0.2, -0.15) is 0 Å². The third-order valence-electron chi connectivity index (χ3n) is 3.46. The molecule has 1 aromatic carbocycles. The topological polar surface area (TPSA) is 39.1 Å². The van der Waals surface area contributed by atoms with Crippen molar-refractivity contribution in [1.82, 2.24) is 9.55 Å². The van der Waals surface area contributed by atoms with E-state index >= 15 is 0 Å². The molecule has 1 aromatic heterocycles. The average Bonchev–Trinajstić information content (AvgIpc) is 2.91. The molecule has 1 heterocycles. The second kappa shape index (κ2) is 6.76. The molecule has 114 valence electrons. The quantitative estimate of drug-likeness (QED) is 0.825. The lowest BCUT2D eigenvalue weighted by molar-refractivity contribution is 0.197. The van der Waals surface area contributed by atoms with E-state index in [2.05, 4.69) is 59.9 Å². The summed E-state index contributed by atoms with van der Waals surface area (Å²) >= 11 is 0. The molecule has 2 aromatic rings. The first-order valence-corrected chi connectivity index (χ1v) is 7.39. The van der Waals surface area contributed by atoms with Crippen LogP contribution in [0.2, 0.25) is 0 Å². The number of imidazole rings is 1. The van der Waals surface area contributed by atoms with Crippen molar-refractivity contribution in [1.29, 1.82) is 0 Å². The van der Waals surface area contributed by atoms with Crippen LogP contribution in [0, 0.1) is 0 Å². The van der Waals surface area contributed by atoms with Gasteiger partial charge in [0.15, 0.2) is 0 Å². The van der Waals surface area contributed by atoms with Gasteiger partial charge in [-0.1, -0.05) is 32.9 Å². The molecule has 0 aliphatic heterocycles. The Bertz CT molecular complexity index is 552. The minimum Gasteiger partial charge on any atom is -0.385 e. The van der Waals surface area contributed by atoms with Crippen LogP contribution < -0.4 is 5.32 Å². The van der Waals surface area contributed by atoms with E-state index in [1.54, 1.807) is 7.11 Å². The highest BCUT2D eigenvalue weighted by Crippen LogP contribution is 2.24. The maximum atomic E-state index is 5.05. The van der Waals surface area contributed by atoms with Crippen LogP contribution in [0.25, 0.3) is 5.69 Å². The fourth-order valence-corrected chi connectivity index (χ4v) is 2.18. The van der Waals surface area contributed by atoms with Crippen molar-refractivity contribution < 1.29 is 4.74 Å². The summed E-state index contributed by atoms with van der Waals surface area (Å²) in [4.78, 5) is 4.37. The van der Waals surface area contributed by atoms with Crippen LogP contribution in [0.1, 0.15) is 32.8 Å². The second-order valence-corrected chi connectivity index (χ2v) is 6.19. The molecule has 2 rings (SSSR count). The van der Waals surface area contributed by atoms with Gasteiger partial charge in [-0.15, -0.1) is 0 Å². The summed E-state index contributed by atoms with van der Waals surface area (Å²) in [7, 11) is 1.72. The number of rotatable bonds is 6. The van der Waals surface area contributed by atoms with E-state index < -0.39 is 0 Å². The Balaban J connectivity index is 2.10. The molecule has 0 bridgehead atoms. The molecule has 0 aliphatic rings. The van der Waals surface area contributed by atoms with E-state index in [0.717, 1.165) is 31.2 Å². The zero-order valence-electron chi connectivity index (χ0n) is 13.4. The number of ether oxygens (including phenoxy) is 1. The summed E-state index contributed by atoms with van der Waals surface area (Å²) in [5, 5.41) is 3.34. The average molecular weight is 287 g/mol. The highest BCUT2D eigenvalue weighted by Gasteiger charge is 2.13. The highest BCUT2D eigenvalue weighted by atomic mass is 16.5. The maximum Gasteiger partial charge on any atom is 0.207 e. The molecule has 0 fully saturated rings. The van der Waals surface area contributed by atoms with Gasteiger partial charge in [-0.05, 0) is 29.5 Å². The van der Waals surface area contributed by atoms with E-state index in [1.165, 1.54) is 5.56 Å². The van der Waals surface area contributed by atoms with Crippen LogP contribution in [0.15, 0.2) is 36.7 Å². The molecular formula is C17H25N3O. The fourth-order valence-electron chi connectivity index (χ4n) is 2.18. The lowest BCUT2D eigenvalue weighted by Gasteiger charge is -2.19. The van der Waals surface area contributed by atoms with E-state index in [4.69, 9.17) is 4.74 Å². The van der Waals surface area contributed by atoms with Gasteiger partial charge in [-0.3, -0.25) is 4.57 Å².